The number of amides is 1. The molecule has 1 unspecified atom stereocenters. The molecule has 0 bridgehead atoms. The Hall–Kier alpha value is -3.76. The normalized spacial score (nSPS) is 14.3. The van der Waals surface area contributed by atoms with Crippen molar-refractivity contribution < 1.29 is 14.3 Å². The van der Waals surface area contributed by atoms with Crippen LogP contribution in [0.3, 0.4) is 0 Å². The SMILES string of the molecule is CCCSc1nc2n(n1)C(c1ccc(OCc3ccc(Br)cc3)c(OCC)c1)C(C(=O)Nc1ccccc1)=C(C)N2. The molecule has 1 aliphatic rings. The lowest BCUT2D eigenvalue weighted by Crippen LogP contribution is -2.31. The van der Waals surface area contributed by atoms with Crippen LogP contribution in [0.5, 0.6) is 11.5 Å². The quantitative estimate of drug-likeness (QED) is 0.166. The average molecular weight is 635 g/mol. The molecule has 0 saturated carbocycles. The van der Waals surface area contributed by atoms with Crippen molar-refractivity contribution in [2.24, 2.45) is 0 Å². The van der Waals surface area contributed by atoms with Crippen LogP contribution in [0.15, 0.2) is 93.7 Å². The van der Waals surface area contributed by atoms with Gasteiger partial charge in [0, 0.05) is 21.6 Å². The largest absolute Gasteiger partial charge is 0.490 e. The van der Waals surface area contributed by atoms with Crippen molar-refractivity contribution >= 4 is 45.2 Å². The number of carbonyl (C=O) groups excluding carboxylic acids is 1. The maximum atomic E-state index is 13.8. The molecule has 2 N–H and O–H groups in total. The van der Waals surface area contributed by atoms with E-state index in [-0.39, 0.29) is 5.91 Å². The smallest absolute Gasteiger partial charge is 0.255 e. The zero-order chi connectivity index (χ0) is 28.8. The first kappa shape index (κ1) is 28.8. The summed E-state index contributed by atoms with van der Waals surface area (Å²) in [4.78, 5) is 18.5. The summed E-state index contributed by atoms with van der Waals surface area (Å²) >= 11 is 5.07. The van der Waals surface area contributed by atoms with Gasteiger partial charge in [0.15, 0.2) is 11.5 Å². The second kappa shape index (κ2) is 13.3. The second-order valence-corrected chi connectivity index (χ2v) is 11.4. The van der Waals surface area contributed by atoms with Crippen LogP contribution >= 0.6 is 27.7 Å². The van der Waals surface area contributed by atoms with E-state index in [4.69, 9.17) is 19.6 Å². The molecule has 2 heterocycles. The molecular formula is C31H32BrN5O3S. The second-order valence-electron chi connectivity index (χ2n) is 9.45. The molecule has 5 rings (SSSR count). The van der Waals surface area contributed by atoms with Crippen LogP contribution in [0.4, 0.5) is 11.6 Å². The van der Waals surface area contributed by atoms with Crippen molar-refractivity contribution in [3.05, 3.63) is 99.7 Å². The Kier molecular flexibility index (Phi) is 9.31. The third-order valence-corrected chi connectivity index (χ3v) is 8.01. The Balaban J connectivity index is 1.52. The van der Waals surface area contributed by atoms with E-state index in [1.807, 2.05) is 86.6 Å². The summed E-state index contributed by atoms with van der Waals surface area (Å²) in [6.07, 6.45) is 1.01. The maximum absolute atomic E-state index is 13.8. The summed E-state index contributed by atoms with van der Waals surface area (Å²) < 4.78 is 15.0. The van der Waals surface area contributed by atoms with Crippen LogP contribution in [-0.4, -0.2) is 33.0 Å². The highest BCUT2D eigenvalue weighted by molar-refractivity contribution is 9.10. The van der Waals surface area contributed by atoms with E-state index in [9.17, 15) is 4.79 Å². The Labute approximate surface area is 252 Å². The first-order chi connectivity index (χ1) is 20.0. The Morgan fingerprint density at radius 2 is 1.83 bits per heavy atom. The minimum Gasteiger partial charge on any atom is -0.490 e. The molecule has 212 valence electrons. The molecule has 0 spiro atoms. The van der Waals surface area contributed by atoms with E-state index in [0.29, 0.717) is 52.8 Å². The minimum absolute atomic E-state index is 0.219. The summed E-state index contributed by atoms with van der Waals surface area (Å²) in [6.45, 7) is 6.81. The van der Waals surface area contributed by atoms with Gasteiger partial charge in [0.2, 0.25) is 11.1 Å². The fourth-order valence-electron chi connectivity index (χ4n) is 4.53. The van der Waals surface area contributed by atoms with Crippen molar-refractivity contribution in [3.8, 4) is 11.5 Å². The molecule has 0 radical (unpaired) electrons. The van der Waals surface area contributed by atoms with E-state index < -0.39 is 6.04 Å². The lowest BCUT2D eigenvalue weighted by atomic mass is 9.94. The van der Waals surface area contributed by atoms with Crippen LogP contribution in [0, 0.1) is 0 Å². The summed E-state index contributed by atoms with van der Waals surface area (Å²) in [5.74, 6) is 2.50. The molecular weight excluding hydrogens is 602 g/mol. The number of hydrogen-bond acceptors (Lipinski definition) is 7. The fourth-order valence-corrected chi connectivity index (χ4v) is 5.48. The monoisotopic (exact) mass is 633 g/mol. The third kappa shape index (κ3) is 6.77. The molecule has 1 atom stereocenters. The lowest BCUT2D eigenvalue weighted by Gasteiger charge is -2.29. The van der Waals surface area contributed by atoms with Crippen molar-refractivity contribution in [1.82, 2.24) is 14.8 Å². The third-order valence-electron chi connectivity index (χ3n) is 6.44. The number of aromatic nitrogens is 3. The number of fused-ring (bicyclic) bond motifs is 1. The molecule has 1 aliphatic heterocycles. The van der Waals surface area contributed by atoms with Gasteiger partial charge in [-0.3, -0.25) is 4.79 Å². The maximum Gasteiger partial charge on any atom is 0.255 e. The predicted molar refractivity (Wildman–Crippen MR) is 167 cm³/mol. The number of ether oxygens (including phenoxy) is 2. The van der Waals surface area contributed by atoms with Crippen LogP contribution in [-0.2, 0) is 11.4 Å². The Morgan fingerprint density at radius 3 is 2.56 bits per heavy atom. The van der Waals surface area contributed by atoms with E-state index in [0.717, 1.165) is 27.8 Å². The standard InChI is InChI=1S/C31H32BrN5O3S/c1-4-17-41-31-35-30-33-20(3)27(29(38)34-24-9-7-6-8-10-24)28(37(30)36-31)22-13-16-25(26(18-22)39-5-2)40-19-21-11-14-23(32)15-12-21/h6-16,18,28H,4-5,17,19H2,1-3H3,(H,34,38)(H,33,35,36). The number of carbonyl (C=O) groups is 1. The van der Waals surface area contributed by atoms with Crippen molar-refractivity contribution in [1.29, 1.82) is 0 Å². The fraction of sp³-hybridized carbons (Fsp3) is 0.258. The number of benzene rings is 3. The highest BCUT2D eigenvalue weighted by Gasteiger charge is 2.35. The van der Waals surface area contributed by atoms with Gasteiger partial charge in [0.05, 0.1) is 12.2 Å². The molecule has 0 saturated heterocycles. The van der Waals surface area contributed by atoms with Crippen LogP contribution in [0.2, 0.25) is 0 Å². The van der Waals surface area contributed by atoms with Gasteiger partial charge >= 0.3 is 0 Å². The number of nitrogens with zero attached hydrogens (tertiary/aromatic N) is 3. The molecule has 1 amide bonds. The highest BCUT2D eigenvalue weighted by atomic mass is 79.9. The molecule has 0 fully saturated rings. The number of rotatable bonds is 11. The highest BCUT2D eigenvalue weighted by Crippen LogP contribution is 2.40. The molecule has 41 heavy (non-hydrogen) atoms. The summed E-state index contributed by atoms with van der Waals surface area (Å²) in [5, 5.41) is 11.8. The summed E-state index contributed by atoms with van der Waals surface area (Å²) in [6, 6.07) is 22.7. The number of anilines is 2. The zero-order valence-corrected chi connectivity index (χ0v) is 25.6. The zero-order valence-electron chi connectivity index (χ0n) is 23.2. The summed E-state index contributed by atoms with van der Waals surface area (Å²) in [7, 11) is 0. The molecule has 3 aromatic carbocycles. The van der Waals surface area contributed by atoms with Gasteiger partial charge in [-0.2, -0.15) is 4.98 Å². The van der Waals surface area contributed by atoms with Crippen molar-refractivity contribution in [2.75, 3.05) is 23.0 Å². The number of nitrogens with one attached hydrogen (secondary N) is 2. The number of allylic oxidation sites excluding steroid dienone is 1. The van der Waals surface area contributed by atoms with E-state index in [2.05, 4.69) is 33.5 Å². The topological polar surface area (TPSA) is 90.3 Å². The Bertz CT molecular complexity index is 1540. The molecule has 8 nitrogen and oxygen atoms in total. The van der Waals surface area contributed by atoms with Gasteiger partial charge < -0.3 is 20.1 Å². The van der Waals surface area contributed by atoms with Crippen molar-refractivity contribution in [3.63, 3.8) is 0 Å². The van der Waals surface area contributed by atoms with Gasteiger partial charge in [-0.05, 0) is 67.8 Å². The van der Waals surface area contributed by atoms with Gasteiger partial charge in [-0.15, -0.1) is 5.10 Å². The number of thioether (sulfide) groups is 1. The first-order valence-corrected chi connectivity index (χ1v) is 15.3. The lowest BCUT2D eigenvalue weighted by molar-refractivity contribution is -0.113. The summed E-state index contributed by atoms with van der Waals surface area (Å²) in [5.41, 5.74) is 3.85. The molecule has 1 aromatic heterocycles. The molecule has 10 heteroatoms. The van der Waals surface area contributed by atoms with E-state index in [1.165, 1.54) is 0 Å². The number of para-hydroxylation sites is 1. The van der Waals surface area contributed by atoms with Gasteiger partial charge in [0.1, 0.15) is 12.6 Å². The van der Waals surface area contributed by atoms with Crippen LogP contribution < -0.4 is 20.1 Å². The predicted octanol–water partition coefficient (Wildman–Crippen LogP) is 7.45. The average Bonchev–Trinajstić information content (AvgIpc) is 3.38. The van der Waals surface area contributed by atoms with Gasteiger partial charge in [0.25, 0.3) is 5.91 Å². The van der Waals surface area contributed by atoms with Crippen molar-refractivity contribution in [2.45, 2.75) is 45.0 Å². The van der Waals surface area contributed by atoms with Crippen LogP contribution in [0.25, 0.3) is 0 Å². The number of hydrogen-bond donors (Lipinski definition) is 2. The van der Waals surface area contributed by atoms with Gasteiger partial charge in [-0.25, -0.2) is 4.68 Å². The minimum atomic E-state index is -0.529. The molecule has 4 aromatic rings. The Morgan fingerprint density at radius 1 is 1.05 bits per heavy atom. The van der Waals surface area contributed by atoms with Crippen LogP contribution in [0.1, 0.15) is 44.4 Å². The number of halogens is 1. The molecule has 0 aliphatic carbocycles. The van der Waals surface area contributed by atoms with Gasteiger partial charge in [-0.1, -0.05) is 71.0 Å². The van der Waals surface area contributed by atoms with E-state index >= 15 is 0 Å². The van der Waals surface area contributed by atoms with E-state index in [1.54, 1.807) is 16.4 Å². The first-order valence-electron chi connectivity index (χ1n) is 13.5.